The Hall–Kier alpha value is -1.33. The van der Waals surface area contributed by atoms with E-state index in [0.717, 1.165) is 32.7 Å². The maximum absolute atomic E-state index is 12.5. The Morgan fingerprint density at radius 2 is 2.14 bits per heavy atom. The Bertz CT molecular complexity index is 639. The first-order valence-electron chi connectivity index (χ1n) is 6.84. The molecule has 0 aliphatic rings. The molecular formula is C16H19BrN2OS. The molecule has 0 aliphatic carbocycles. The molecule has 0 saturated carbocycles. The van der Waals surface area contributed by atoms with E-state index in [9.17, 15) is 4.79 Å². The van der Waals surface area contributed by atoms with E-state index in [4.69, 9.17) is 0 Å². The number of nitrogens with zero attached hydrogens (tertiary/aromatic N) is 1. The number of hydrogen-bond acceptors (Lipinski definition) is 3. The van der Waals surface area contributed by atoms with Crippen molar-refractivity contribution < 1.29 is 4.79 Å². The summed E-state index contributed by atoms with van der Waals surface area (Å²) in [7, 11) is 1.83. The third-order valence-corrected chi connectivity index (χ3v) is 4.78. The predicted molar refractivity (Wildman–Crippen MR) is 93.2 cm³/mol. The molecule has 1 aromatic carbocycles. The minimum Gasteiger partial charge on any atom is -0.385 e. The minimum absolute atomic E-state index is 0.0449. The van der Waals surface area contributed by atoms with Crippen LogP contribution in [0.3, 0.4) is 0 Å². The van der Waals surface area contributed by atoms with Crippen LogP contribution in [0.25, 0.3) is 0 Å². The van der Waals surface area contributed by atoms with Gasteiger partial charge in [-0.2, -0.15) is 0 Å². The highest BCUT2D eigenvalue weighted by Crippen LogP contribution is 2.22. The van der Waals surface area contributed by atoms with E-state index in [2.05, 4.69) is 33.6 Å². The van der Waals surface area contributed by atoms with Crippen LogP contribution in [-0.4, -0.2) is 24.4 Å². The van der Waals surface area contributed by atoms with Crippen LogP contribution in [0, 0.1) is 6.92 Å². The molecule has 0 atom stereocenters. The van der Waals surface area contributed by atoms with Crippen LogP contribution in [0.4, 0.5) is 5.69 Å². The zero-order valence-corrected chi connectivity index (χ0v) is 14.8. The topological polar surface area (TPSA) is 32.3 Å². The van der Waals surface area contributed by atoms with Crippen molar-refractivity contribution in [2.45, 2.75) is 20.4 Å². The van der Waals surface area contributed by atoms with Gasteiger partial charge in [-0.1, -0.05) is 0 Å². The Labute approximate surface area is 138 Å². The molecule has 2 aromatic rings. The van der Waals surface area contributed by atoms with Gasteiger partial charge in [-0.15, -0.1) is 11.3 Å². The summed E-state index contributed by atoms with van der Waals surface area (Å²) in [6.45, 7) is 5.58. The van der Waals surface area contributed by atoms with Crippen molar-refractivity contribution in [3.05, 3.63) is 50.1 Å². The zero-order chi connectivity index (χ0) is 15.4. The number of benzene rings is 1. The van der Waals surface area contributed by atoms with Gasteiger partial charge < -0.3 is 10.2 Å². The van der Waals surface area contributed by atoms with E-state index >= 15 is 0 Å². The Morgan fingerprint density at radius 1 is 1.38 bits per heavy atom. The molecule has 3 nitrogen and oxygen atoms in total. The molecule has 1 N–H and O–H groups in total. The van der Waals surface area contributed by atoms with Crippen LogP contribution >= 0.6 is 27.3 Å². The summed E-state index contributed by atoms with van der Waals surface area (Å²) in [6, 6.07) is 7.85. The number of carbonyl (C=O) groups is 1. The first-order chi connectivity index (χ1) is 10.0. The summed E-state index contributed by atoms with van der Waals surface area (Å²) < 4.78 is 1.09. The van der Waals surface area contributed by atoms with Crippen LogP contribution < -0.4 is 5.32 Å². The molecule has 1 heterocycles. The molecule has 0 aliphatic heterocycles. The lowest BCUT2D eigenvalue weighted by atomic mass is 10.1. The van der Waals surface area contributed by atoms with Gasteiger partial charge in [0.05, 0.1) is 3.79 Å². The molecule has 0 unspecified atom stereocenters. The predicted octanol–water partition coefficient (Wildman–Crippen LogP) is 4.52. The number of halogens is 1. The van der Waals surface area contributed by atoms with E-state index < -0.39 is 0 Å². The van der Waals surface area contributed by atoms with Crippen LogP contribution in [0.5, 0.6) is 0 Å². The van der Waals surface area contributed by atoms with Crippen LogP contribution in [0.2, 0.25) is 0 Å². The summed E-state index contributed by atoms with van der Waals surface area (Å²) in [5.41, 5.74) is 4.04. The quantitative estimate of drug-likeness (QED) is 0.843. The van der Waals surface area contributed by atoms with Crippen LogP contribution in [-0.2, 0) is 6.54 Å². The van der Waals surface area contributed by atoms with Gasteiger partial charge in [-0.3, -0.25) is 4.79 Å². The molecule has 21 heavy (non-hydrogen) atoms. The Kier molecular flexibility index (Phi) is 5.42. The fourth-order valence-electron chi connectivity index (χ4n) is 2.18. The molecule has 1 aromatic heterocycles. The van der Waals surface area contributed by atoms with Gasteiger partial charge in [0.2, 0.25) is 0 Å². The highest BCUT2D eigenvalue weighted by Gasteiger charge is 2.13. The van der Waals surface area contributed by atoms with Crippen LogP contribution in [0.15, 0.2) is 33.4 Å². The standard InChI is InChI=1S/C16H19BrN2OS/c1-4-18-14-6-5-13(7-11(14)2)16(20)19(3)9-12-8-15(17)21-10-12/h5-8,10,18H,4,9H2,1-3H3. The maximum atomic E-state index is 12.5. The van der Waals surface area contributed by atoms with E-state index in [-0.39, 0.29) is 5.91 Å². The summed E-state index contributed by atoms with van der Waals surface area (Å²) in [6.07, 6.45) is 0. The lowest BCUT2D eigenvalue weighted by Gasteiger charge is -2.17. The van der Waals surface area contributed by atoms with Gasteiger partial charge in [0.1, 0.15) is 0 Å². The third kappa shape index (κ3) is 4.08. The smallest absolute Gasteiger partial charge is 0.253 e. The van der Waals surface area contributed by atoms with Crippen LogP contribution in [0.1, 0.15) is 28.4 Å². The molecule has 2 rings (SSSR count). The first kappa shape index (κ1) is 16.0. The monoisotopic (exact) mass is 366 g/mol. The number of rotatable bonds is 5. The fraction of sp³-hybridized carbons (Fsp3) is 0.312. The number of carbonyl (C=O) groups excluding carboxylic acids is 1. The highest BCUT2D eigenvalue weighted by atomic mass is 79.9. The second-order valence-corrected chi connectivity index (χ2v) is 7.27. The molecule has 112 valence electrons. The molecule has 1 amide bonds. The third-order valence-electron chi connectivity index (χ3n) is 3.23. The molecule has 0 spiro atoms. The van der Waals surface area contributed by atoms with Gasteiger partial charge in [-0.25, -0.2) is 0 Å². The van der Waals surface area contributed by atoms with Gasteiger partial charge in [0.15, 0.2) is 0 Å². The highest BCUT2D eigenvalue weighted by molar-refractivity contribution is 9.11. The number of amides is 1. The second-order valence-electron chi connectivity index (χ2n) is 4.98. The van der Waals surface area contributed by atoms with Crippen molar-refractivity contribution in [2.75, 3.05) is 18.9 Å². The number of aryl methyl sites for hydroxylation is 1. The molecule has 5 heteroatoms. The molecular weight excluding hydrogens is 348 g/mol. The number of anilines is 1. The molecule has 0 fully saturated rings. The van der Waals surface area contributed by atoms with Gasteiger partial charge in [-0.05, 0) is 70.5 Å². The van der Waals surface area contributed by atoms with Gasteiger partial charge in [0.25, 0.3) is 5.91 Å². The van der Waals surface area contributed by atoms with E-state index in [1.54, 1.807) is 16.2 Å². The fourth-order valence-corrected chi connectivity index (χ4v) is 3.38. The van der Waals surface area contributed by atoms with Gasteiger partial charge in [0, 0.05) is 31.4 Å². The SMILES string of the molecule is CCNc1ccc(C(=O)N(C)Cc2csc(Br)c2)cc1C. The average Bonchev–Trinajstić information content (AvgIpc) is 2.85. The van der Waals surface area contributed by atoms with E-state index in [1.807, 2.05) is 38.2 Å². The number of hydrogen-bond donors (Lipinski definition) is 1. The lowest BCUT2D eigenvalue weighted by molar-refractivity contribution is 0.0785. The molecule has 0 bridgehead atoms. The summed E-state index contributed by atoms with van der Waals surface area (Å²) in [4.78, 5) is 14.2. The molecule has 0 saturated heterocycles. The Morgan fingerprint density at radius 3 is 2.71 bits per heavy atom. The number of nitrogens with one attached hydrogen (secondary N) is 1. The second kappa shape index (κ2) is 7.09. The van der Waals surface area contributed by atoms with Crippen molar-refractivity contribution in [3.8, 4) is 0 Å². The van der Waals surface area contributed by atoms with E-state index in [0.29, 0.717) is 6.54 Å². The molecule has 0 radical (unpaired) electrons. The normalized spacial score (nSPS) is 10.5. The maximum Gasteiger partial charge on any atom is 0.253 e. The summed E-state index contributed by atoms with van der Waals surface area (Å²) in [5, 5.41) is 5.35. The lowest BCUT2D eigenvalue weighted by Crippen LogP contribution is -2.26. The Balaban J connectivity index is 2.10. The first-order valence-corrected chi connectivity index (χ1v) is 8.51. The van der Waals surface area contributed by atoms with Crippen molar-refractivity contribution in [3.63, 3.8) is 0 Å². The van der Waals surface area contributed by atoms with Crippen molar-refractivity contribution in [1.29, 1.82) is 0 Å². The number of thiophene rings is 1. The average molecular weight is 367 g/mol. The van der Waals surface area contributed by atoms with Crippen molar-refractivity contribution in [2.24, 2.45) is 0 Å². The van der Waals surface area contributed by atoms with Crippen molar-refractivity contribution >= 4 is 38.9 Å². The van der Waals surface area contributed by atoms with Gasteiger partial charge >= 0.3 is 0 Å². The van der Waals surface area contributed by atoms with Crippen molar-refractivity contribution in [1.82, 2.24) is 4.90 Å². The van der Waals surface area contributed by atoms with E-state index in [1.165, 1.54) is 0 Å². The summed E-state index contributed by atoms with van der Waals surface area (Å²) in [5.74, 6) is 0.0449. The largest absolute Gasteiger partial charge is 0.385 e. The minimum atomic E-state index is 0.0449. The summed E-state index contributed by atoms with van der Waals surface area (Å²) >= 11 is 5.08. The zero-order valence-electron chi connectivity index (χ0n) is 12.4.